The van der Waals surface area contributed by atoms with Gasteiger partial charge in [-0.2, -0.15) is 0 Å². The quantitative estimate of drug-likeness (QED) is 0.702. The van der Waals surface area contributed by atoms with Gasteiger partial charge in [0.1, 0.15) is 11.5 Å². The summed E-state index contributed by atoms with van der Waals surface area (Å²) >= 11 is 0. The lowest BCUT2D eigenvalue weighted by Crippen LogP contribution is -2.01. The van der Waals surface area contributed by atoms with Crippen LogP contribution in [0.25, 0.3) is 0 Å². The van der Waals surface area contributed by atoms with Crippen molar-refractivity contribution in [3.05, 3.63) is 23.8 Å². The van der Waals surface area contributed by atoms with Gasteiger partial charge >= 0.3 is 0 Å². The third-order valence-corrected chi connectivity index (χ3v) is 3.76. The predicted molar refractivity (Wildman–Crippen MR) is 76.7 cm³/mol. The fourth-order valence-electron chi connectivity index (χ4n) is 2.12. The van der Waals surface area contributed by atoms with E-state index in [4.69, 9.17) is 9.47 Å². The van der Waals surface area contributed by atoms with Gasteiger partial charge in [-0.05, 0) is 36.5 Å². The Labute approximate surface area is 111 Å². The summed E-state index contributed by atoms with van der Waals surface area (Å²) in [5.41, 5.74) is 1.25. The molecular weight excluding hydrogens is 224 g/mol. The van der Waals surface area contributed by atoms with E-state index in [-0.39, 0.29) is 0 Å². The van der Waals surface area contributed by atoms with E-state index in [0.29, 0.717) is 5.92 Å². The Morgan fingerprint density at radius 3 is 2.33 bits per heavy atom. The van der Waals surface area contributed by atoms with Gasteiger partial charge in [0.2, 0.25) is 0 Å². The first-order valence-corrected chi connectivity index (χ1v) is 6.84. The number of hydrogen-bond acceptors (Lipinski definition) is 2. The molecule has 0 saturated heterocycles. The van der Waals surface area contributed by atoms with Crippen LogP contribution in [0.4, 0.5) is 0 Å². The molecule has 2 unspecified atom stereocenters. The number of ether oxygens (including phenoxy) is 2. The number of benzene rings is 1. The summed E-state index contributed by atoms with van der Waals surface area (Å²) in [5.74, 6) is 3.17. The van der Waals surface area contributed by atoms with Crippen LogP contribution in [0.15, 0.2) is 18.2 Å². The van der Waals surface area contributed by atoms with Crippen molar-refractivity contribution in [3.8, 4) is 11.5 Å². The molecule has 0 fully saturated rings. The minimum Gasteiger partial charge on any atom is -0.497 e. The van der Waals surface area contributed by atoms with Crippen molar-refractivity contribution >= 4 is 0 Å². The molecule has 1 aromatic rings. The Kier molecular flexibility index (Phi) is 6.03. The van der Waals surface area contributed by atoms with Crippen LogP contribution in [0.1, 0.15) is 51.5 Å². The summed E-state index contributed by atoms with van der Waals surface area (Å²) in [7, 11) is 3.43. The number of hydrogen-bond donors (Lipinski definition) is 0. The van der Waals surface area contributed by atoms with Crippen molar-refractivity contribution in [2.45, 2.75) is 46.0 Å². The van der Waals surface area contributed by atoms with Crippen molar-refractivity contribution < 1.29 is 9.47 Å². The van der Waals surface area contributed by atoms with E-state index < -0.39 is 0 Å². The fourth-order valence-corrected chi connectivity index (χ4v) is 2.12. The van der Waals surface area contributed by atoms with Crippen molar-refractivity contribution in [1.29, 1.82) is 0 Å². The van der Waals surface area contributed by atoms with E-state index in [1.807, 2.05) is 12.1 Å². The second-order valence-electron chi connectivity index (χ2n) is 5.10. The zero-order chi connectivity index (χ0) is 13.5. The molecular formula is C16H26O2. The molecule has 0 aliphatic rings. The maximum Gasteiger partial charge on any atom is 0.122 e. The molecule has 0 bridgehead atoms. The van der Waals surface area contributed by atoms with Gasteiger partial charge in [0.25, 0.3) is 0 Å². The van der Waals surface area contributed by atoms with Crippen LogP contribution in [0.3, 0.4) is 0 Å². The minimum atomic E-state index is 0.504. The predicted octanol–water partition coefficient (Wildman–Crippen LogP) is 4.63. The highest BCUT2D eigenvalue weighted by molar-refractivity contribution is 5.42. The van der Waals surface area contributed by atoms with Crippen molar-refractivity contribution in [2.75, 3.05) is 14.2 Å². The third kappa shape index (κ3) is 3.94. The summed E-state index contributed by atoms with van der Waals surface area (Å²) in [4.78, 5) is 0. The van der Waals surface area contributed by atoms with Gasteiger partial charge in [-0.1, -0.05) is 33.6 Å². The Bertz CT molecular complexity index is 360. The molecule has 1 aromatic carbocycles. The Morgan fingerprint density at radius 1 is 1.06 bits per heavy atom. The summed E-state index contributed by atoms with van der Waals surface area (Å²) < 4.78 is 10.7. The molecule has 2 nitrogen and oxygen atoms in total. The molecule has 0 aliphatic carbocycles. The molecule has 0 spiro atoms. The highest BCUT2D eigenvalue weighted by Crippen LogP contribution is 2.33. The first kappa shape index (κ1) is 14.9. The maximum absolute atomic E-state index is 5.44. The van der Waals surface area contributed by atoms with Crippen molar-refractivity contribution in [1.82, 2.24) is 0 Å². The molecule has 0 saturated carbocycles. The SMILES string of the molecule is CCC(C)CCC(C)c1cc(OC)ccc1OC. The average molecular weight is 250 g/mol. The zero-order valence-electron chi connectivity index (χ0n) is 12.3. The molecule has 0 N–H and O–H groups in total. The lowest BCUT2D eigenvalue weighted by molar-refractivity contribution is 0.391. The van der Waals surface area contributed by atoms with Crippen LogP contribution in [0.5, 0.6) is 11.5 Å². The highest BCUT2D eigenvalue weighted by Gasteiger charge is 2.13. The Balaban J connectivity index is 2.78. The second kappa shape index (κ2) is 7.30. The van der Waals surface area contributed by atoms with Gasteiger partial charge in [-0.25, -0.2) is 0 Å². The van der Waals surface area contributed by atoms with Crippen molar-refractivity contribution in [2.24, 2.45) is 5.92 Å². The van der Waals surface area contributed by atoms with E-state index in [1.165, 1.54) is 24.8 Å². The minimum absolute atomic E-state index is 0.504. The van der Waals surface area contributed by atoms with Crippen LogP contribution in [-0.4, -0.2) is 14.2 Å². The summed E-state index contributed by atoms with van der Waals surface area (Å²) in [6.45, 7) is 6.83. The second-order valence-corrected chi connectivity index (χ2v) is 5.10. The first-order valence-electron chi connectivity index (χ1n) is 6.84. The summed E-state index contributed by atoms with van der Waals surface area (Å²) in [6.07, 6.45) is 3.71. The molecule has 18 heavy (non-hydrogen) atoms. The number of methoxy groups -OCH3 is 2. The van der Waals surface area contributed by atoms with Crippen LogP contribution in [0, 0.1) is 5.92 Å². The molecule has 102 valence electrons. The molecule has 0 amide bonds. The normalized spacial score (nSPS) is 14.1. The van der Waals surface area contributed by atoms with E-state index in [0.717, 1.165) is 17.4 Å². The fraction of sp³-hybridized carbons (Fsp3) is 0.625. The van der Waals surface area contributed by atoms with Crippen LogP contribution < -0.4 is 9.47 Å². The van der Waals surface area contributed by atoms with E-state index in [2.05, 4.69) is 26.8 Å². The summed E-state index contributed by atoms with van der Waals surface area (Å²) in [6, 6.07) is 6.04. The zero-order valence-corrected chi connectivity index (χ0v) is 12.3. The average Bonchev–Trinajstić information content (AvgIpc) is 2.43. The van der Waals surface area contributed by atoms with Gasteiger partial charge in [-0.15, -0.1) is 0 Å². The Hall–Kier alpha value is -1.18. The molecule has 0 heterocycles. The first-order chi connectivity index (χ1) is 8.62. The van der Waals surface area contributed by atoms with Crippen LogP contribution >= 0.6 is 0 Å². The monoisotopic (exact) mass is 250 g/mol. The van der Waals surface area contributed by atoms with Gasteiger partial charge < -0.3 is 9.47 Å². The standard InChI is InChI=1S/C16H26O2/c1-6-12(2)7-8-13(3)15-11-14(17-4)9-10-16(15)18-5/h9-13H,6-8H2,1-5H3. The Morgan fingerprint density at radius 2 is 1.78 bits per heavy atom. The van der Waals surface area contributed by atoms with Crippen LogP contribution in [0.2, 0.25) is 0 Å². The van der Waals surface area contributed by atoms with Gasteiger partial charge in [0, 0.05) is 5.56 Å². The molecule has 0 aliphatic heterocycles. The highest BCUT2D eigenvalue weighted by atomic mass is 16.5. The largest absolute Gasteiger partial charge is 0.497 e. The van der Waals surface area contributed by atoms with Crippen LogP contribution in [-0.2, 0) is 0 Å². The molecule has 0 radical (unpaired) electrons. The topological polar surface area (TPSA) is 18.5 Å². The van der Waals surface area contributed by atoms with Gasteiger partial charge in [-0.3, -0.25) is 0 Å². The molecule has 2 heteroatoms. The van der Waals surface area contributed by atoms with Gasteiger partial charge in [0.05, 0.1) is 14.2 Å². The maximum atomic E-state index is 5.44. The lowest BCUT2D eigenvalue weighted by Gasteiger charge is -2.18. The summed E-state index contributed by atoms with van der Waals surface area (Å²) in [5, 5.41) is 0. The number of rotatable bonds is 7. The van der Waals surface area contributed by atoms with E-state index in [1.54, 1.807) is 14.2 Å². The lowest BCUT2D eigenvalue weighted by atomic mass is 9.91. The molecule has 1 rings (SSSR count). The third-order valence-electron chi connectivity index (χ3n) is 3.76. The van der Waals surface area contributed by atoms with E-state index in [9.17, 15) is 0 Å². The molecule has 0 aromatic heterocycles. The van der Waals surface area contributed by atoms with E-state index >= 15 is 0 Å². The van der Waals surface area contributed by atoms with Crippen molar-refractivity contribution in [3.63, 3.8) is 0 Å². The smallest absolute Gasteiger partial charge is 0.122 e. The molecule has 2 atom stereocenters. The van der Waals surface area contributed by atoms with Gasteiger partial charge in [0.15, 0.2) is 0 Å².